The molecule has 9 heteroatoms. The van der Waals surface area contributed by atoms with Crippen LogP contribution in [0.2, 0.25) is 5.02 Å². The highest BCUT2D eigenvalue weighted by Gasteiger charge is 2.10. The Balaban J connectivity index is 1.42. The van der Waals surface area contributed by atoms with E-state index in [0.29, 0.717) is 12.4 Å². The van der Waals surface area contributed by atoms with Crippen molar-refractivity contribution < 1.29 is 0 Å². The fourth-order valence-corrected chi connectivity index (χ4v) is 3.32. The Morgan fingerprint density at radius 1 is 1.00 bits per heavy atom. The zero-order chi connectivity index (χ0) is 20.5. The van der Waals surface area contributed by atoms with E-state index in [1.54, 1.807) is 17.1 Å². The van der Waals surface area contributed by atoms with E-state index in [1.165, 1.54) is 0 Å². The van der Waals surface area contributed by atoms with E-state index in [0.717, 1.165) is 39.1 Å². The van der Waals surface area contributed by atoms with Gasteiger partial charge in [-0.1, -0.05) is 23.7 Å². The van der Waals surface area contributed by atoms with Gasteiger partial charge in [0.1, 0.15) is 11.6 Å². The van der Waals surface area contributed by atoms with Crippen LogP contribution in [0.15, 0.2) is 67.1 Å². The molecule has 0 amide bonds. The Bertz CT molecular complexity index is 1320. The lowest BCUT2D eigenvalue weighted by atomic mass is 10.1. The van der Waals surface area contributed by atoms with Gasteiger partial charge in [-0.05, 0) is 35.9 Å². The normalized spacial score (nSPS) is 11.1. The maximum atomic E-state index is 5.97. The second-order valence-corrected chi connectivity index (χ2v) is 7.23. The first-order chi connectivity index (χ1) is 14.7. The number of nitrogens with one attached hydrogen (secondary N) is 1. The van der Waals surface area contributed by atoms with E-state index in [9.17, 15) is 0 Å². The molecular weight excluding hydrogens is 400 g/mol. The summed E-state index contributed by atoms with van der Waals surface area (Å²) in [6, 6.07) is 15.4. The fraction of sp³-hybridized carbons (Fsp3) is 0.0952. The lowest BCUT2D eigenvalue weighted by Gasteiger charge is -2.07. The first-order valence-corrected chi connectivity index (χ1v) is 9.70. The van der Waals surface area contributed by atoms with Gasteiger partial charge in [-0.3, -0.25) is 9.08 Å². The van der Waals surface area contributed by atoms with Crippen molar-refractivity contribution in [1.82, 2.24) is 34.3 Å². The zero-order valence-electron chi connectivity index (χ0n) is 16.1. The number of aromatic nitrogens is 7. The van der Waals surface area contributed by atoms with Crippen LogP contribution in [0.25, 0.3) is 16.9 Å². The number of hydrogen-bond acceptors (Lipinski definition) is 6. The molecule has 0 radical (unpaired) electrons. The molecule has 8 nitrogen and oxygen atoms in total. The fourth-order valence-electron chi connectivity index (χ4n) is 3.20. The summed E-state index contributed by atoms with van der Waals surface area (Å²) < 4.78 is 3.70. The summed E-state index contributed by atoms with van der Waals surface area (Å²) in [7, 11) is 1.85. The smallest absolute Gasteiger partial charge is 0.228 e. The first kappa shape index (κ1) is 18.3. The molecular formula is C21H17ClN8. The molecule has 0 aliphatic rings. The van der Waals surface area contributed by atoms with Gasteiger partial charge in [-0.2, -0.15) is 5.10 Å². The maximum absolute atomic E-state index is 5.97. The Labute approximate surface area is 177 Å². The predicted octanol–water partition coefficient (Wildman–Crippen LogP) is 3.91. The quantitative estimate of drug-likeness (QED) is 0.467. The number of fused-ring (bicyclic) bond motifs is 1. The monoisotopic (exact) mass is 416 g/mol. The minimum Gasteiger partial charge on any atom is -0.309 e. The van der Waals surface area contributed by atoms with E-state index in [-0.39, 0.29) is 0 Å². The number of nitrogens with zero attached hydrogens (tertiary/aromatic N) is 7. The molecule has 4 heterocycles. The topological polar surface area (TPSA) is 85.8 Å². The van der Waals surface area contributed by atoms with Crippen LogP contribution in [0.3, 0.4) is 0 Å². The highest BCUT2D eigenvalue weighted by atomic mass is 35.5. The molecule has 30 heavy (non-hydrogen) atoms. The van der Waals surface area contributed by atoms with E-state index in [1.807, 2.05) is 66.2 Å². The molecule has 5 aromatic rings. The van der Waals surface area contributed by atoms with Crippen LogP contribution in [0.5, 0.6) is 0 Å². The molecule has 0 fully saturated rings. The van der Waals surface area contributed by atoms with Gasteiger partial charge < -0.3 is 5.32 Å². The molecule has 1 N–H and O–H groups in total. The third-order valence-electron chi connectivity index (χ3n) is 4.77. The van der Waals surface area contributed by atoms with Crippen LogP contribution < -0.4 is 5.32 Å². The van der Waals surface area contributed by atoms with Gasteiger partial charge in [0.25, 0.3) is 0 Å². The highest BCUT2D eigenvalue weighted by Crippen LogP contribution is 2.21. The standard InChI is InChI=1S/C21H17ClN8/c1-29-18(7-10-24-29)26-21-23-9-6-17(25-21)15-8-11-30-19(27-28-20(30)13-15)12-14-2-4-16(22)5-3-14/h2-11,13H,12H2,1H3,(H,23,25,26). The second kappa shape index (κ2) is 7.57. The van der Waals surface area contributed by atoms with E-state index < -0.39 is 0 Å². The molecule has 5 rings (SSSR count). The van der Waals surface area contributed by atoms with Crippen molar-refractivity contribution in [2.45, 2.75) is 6.42 Å². The van der Waals surface area contributed by atoms with Gasteiger partial charge in [0.05, 0.1) is 11.9 Å². The van der Waals surface area contributed by atoms with E-state index in [2.05, 4.69) is 30.6 Å². The number of anilines is 2. The van der Waals surface area contributed by atoms with Gasteiger partial charge >= 0.3 is 0 Å². The average molecular weight is 417 g/mol. The first-order valence-electron chi connectivity index (χ1n) is 9.32. The molecule has 4 aromatic heterocycles. The van der Waals surface area contributed by atoms with Crippen molar-refractivity contribution in [2.75, 3.05) is 5.32 Å². The number of aryl methyl sites for hydroxylation is 1. The van der Waals surface area contributed by atoms with Crippen molar-refractivity contribution >= 4 is 29.0 Å². The summed E-state index contributed by atoms with van der Waals surface area (Å²) in [5.41, 5.74) is 3.61. The number of halogens is 1. The molecule has 0 spiro atoms. The number of rotatable bonds is 5. The Morgan fingerprint density at radius 2 is 1.87 bits per heavy atom. The number of benzene rings is 1. The molecule has 148 valence electrons. The molecule has 0 aliphatic heterocycles. The molecule has 0 aliphatic carbocycles. The van der Waals surface area contributed by atoms with Gasteiger partial charge in [-0.25, -0.2) is 9.97 Å². The SMILES string of the molecule is Cn1nccc1Nc1nccc(-c2ccn3c(Cc4ccc(Cl)cc4)nnc3c2)n1. The minimum absolute atomic E-state index is 0.501. The highest BCUT2D eigenvalue weighted by molar-refractivity contribution is 6.30. The average Bonchev–Trinajstić information content (AvgIpc) is 3.35. The van der Waals surface area contributed by atoms with Crippen LogP contribution in [0.4, 0.5) is 11.8 Å². The van der Waals surface area contributed by atoms with Crippen molar-refractivity contribution in [3.05, 3.63) is 83.5 Å². The third kappa shape index (κ3) is 3.60. The van der Waals surface area contributed by atoms with Crippen LogP contribution in [-0.2, 0) is 13.5 Å². The summed E-state index contributed by atoms with van der Waals surface area (Å²) in [5.74, 6) is 2.17. The predicted molar refractivity (Wildman–Crippen MR) is 115 cm³/mol. The molecule has 0 saturated carbocycles. The van der Waals surface area contributed by atoms with Gasteiger partial charge in [0.2, 0.25) is 5.95 Å². The van der Waals surface area contributed by atoms with Crippen molar-refractivity contribution in [1.29, 1.82) is 0 Å². The maximum Gasteiger partial charge on any atom is 0.228 e. The molecule has 0 atom stereocenters. The lowest BCUT2D eigenvalue weighted by molar-refractivity contribution is 0.775. The van der Waals surface area contributed by atoms with Crippen LogP contribution in [0, 0.1) is 0 Å². The Morgan fingerprint density at radius 3 is 2.67 bits per heavy atom. The Hall–Kier alpha value is -3.78. The summed E-state index contributed by atoms with van der Waals surface area (Å²) in [4.78, 5) is 8.91. The van der Waals surface area contributed by atoms with Crippen molar-refractivity contribution in [3.63, 3.8) is 0 Å². The second-order valence-electron chi connectivity index (χ2n) is 6.79. The number of hydrogen-bond donors (Lipinski definition) is 1. The summed E-state index contributed by atoms with van der Waals surface area (Å²) in [6.45, 7) is 0. The van der Waals surface area contributed by atoms with E-state index >= 15 is 0 Å². The van der Waals surface area contributed by atoms with Crippen LogP contribution in [0.1, 0.15) is 11.4 Å². The van der Waals surface area contributed by atoms with Crippen molar-refractivity contribution in [3.8, 4) is 11.3 Å². The zero-order valence-corrected chi connectivity index (χ0v) is 16.8. The lowest BCUT2D eigenvalue weighted by Crippen LogP contribution is -2.03. The summed E-state index contributed by atoms with van der Waals surface area (Å²) in [5, 5.41) is 16.7. The largest absolute Gasteiger partial charge is 0.309 e. The molecule has 0 bridgehead atoms. The van der Waals surface area contributed by atoms with Gasteiger partial charge in [-0.15, -0.1) is 10.2 Å². The number of pyridine rings is 1. The molecule has 0 unspecified atom stereocenters. The van der Waals surface area contributed by atoms with E-state index in [4.69, 9.17) is 11.6 Å². The Kier molecular flexibility index (Phi) is 4.61. The minimum atomic E-state index is 0.501. The van der Waals surface area contributed by atoms with Gasteiger partial charge in [0, 0.05) is 42.5 Å². The summed E-state index contributed by atoms with van der Waals surface area (Å²) >= 11 is 5.97. The van der Waals surface area contributed by atoms with Crippen molar-refractivity contribution in [2.24, 2.45) is 7.05 Å². The van der Waals surface area contributed by atoms with Crippen LogP contribution >= 0.6 is 11.6 Å². The molecule has 0 saturated heterocycles. The molecule has 1 aromatic carbocycles. The summed E-state index contributed by atoms with van der Waals surface area (Å²) in [6.07, 6.45) is 6.07. The van der Waals surface area contributed by atoms with Crippen LogP contribution in [-0.4, -0.2) is 34.3 Å². The third-order valence-corrected chi connectivity index (χ3v) is 5.02. The van der Waals surface area contributed by atoms with Gasteiger partial charge in [0.15, 0.2) is 5.65 Å².